The summed E-state index contributed by atoms with van der Waals surface area (Å²) in [6.45, 7) is 4.73. The number of hydrogen-bond acceptors (Lipinski definition) is 4. The Morgan fingerprint density at radius 1 is 1.26 bits per heavy atom. The molecule has 0 aliphatic carbocycles. The molecule has 1 fully saturated rings. The van der Waals surface area contributed by atoms with E-state index in [1.807, 2.05) is 27.8 Å². The van der Waals surface area contributed by atoms with Crippen molar-refractivity contribution in [1.82, 2.24) is 19.7 Å². The molecule has 0 saturated carbocycles. The van der Waals surface area contributed by atoms with Crippen molar-refractivity contribution in [3.63, 3.8) is 0 Å². The average molecular weight is 363 g/mol. The third-order valence-electron chi connectivity index (χ3n) is 5.28. The Morgan fingerprint density at radius 2 is 2.07 bits per heavy atom. The number of pyridine rings is 1. The molecule has 0 radical (unpaired) electrons. The number of nitrogens with zero attached hydrogens (tertiary/aromatic N) is 4. The molecule has 2 N–H and O–H groups in total. The third kappa shape index (κ3) is 3.57. The summed E-state index contributed by atoms with van der Waals surface area (Å²) in [5.74, 6) is 0.433. The Bertz CT molecular complexity index is 947. The Kier molecular flexibility index (Phi) is 4.90. The van der Waals surface area contributed by atoms with Gasteiger partial charge in [-0.25, -0.2) is 9.67 Å². The van der Waals surface area contributed by atoms with E-state index >= 15 is 0 Å². The van der Waals surface area contributed by atoms with Crippen molar-refractivity contribution >= 4 is 16.9 Å². The summed E-state index contributed by atoms with van der Waals surface area (Å²) in [5, 5.41) is 5.86. The van der Waals surface area contributed by atoms with Crippen LogP contribution < -0.4 is 5.73 Å². The number of carbonyl (C=O) groups excluding carboxylic acids is 1. The molecular weight excluding hydrogens is 338 g/mol. The van der Waals surface area contributed by atoms with Crippen molar-refractivity contribution < 1.29 is 4.79 Å². The molecule has 1 amide bonds. The predicted molar refractivity (Wildman–Crippen MR) is 105 cm³/mol. The number of likely N-dealkylation sites (tertiary alicyclic amines) is 1. The van der Waals surface area contributed by atoms with Crippen LogP contribution in [0.2, 0.25) is 0 Å². The molecule has 6 heteroatoms. The first-order valence-electron chi connectivity index (χ1n) is 9.50. The minimum Gasteiger partial charge on any atom is -0.342 e. The SMILES string of the molecule is Cc1ccc(CC(=O)N2CCC(c3nn(CCN)c4ncccc34)C2)cc1. The van der Waals surface area contributed by atoms with Crippen molar-refractivity contribution in [2.24, 2.45) is 5.73 Å². The first-order chi connectivity index (χ1) is 13.2. The molecule has 1 aromatic carbocycles. The van der Waals surface area contributed by atoms with Gasteiger partial charge < -0.3 is 10.6 Å². The number of rotatable bonds is 5. The van der Waals surface area contributed by atoms with Crippen LogP contribution in [-0.4, -0.2) is 45.2 Å². The molecule has 4 rings (SSSR count). The number of amides is 1. The summed E-state index contributed by atoms with van der Waals surface area (Å²) < 4.78 is 1.89. The van der Waals surface area contributed by atoms with Crippen LogP contribution in [0.1, 0.15) is 29.2 Å². The zero-order chi connectivity index (χ0) is 18.8. The summed E-state index contributed by atoms with van der Waals surface area (Å²) >= 11 is 0. The second-order valence-corrected chi connectivity index (χ2v) is 7.26. The van der Waals surface area contributed by atoms with Gasteiger partial charge in [0.05, 0.1) is 18.7 Å². The van der Waals surface area contributed by atoms with Crippen molar-refractivity contribution in [2.75, 3.05) is 19.6 Å². The fourth-order valence-corrected chi connectivity index (χ4v) is 3.82. The normalized spacial score (nSPS) is 17.0. The fraction of sp³-hybridized carbons (Fsp3) is 0.381. The molecule has 3 heterocycles. The lowest BCUT2D eigenvalue weighted by Crippen LogP contribution is -2.29. The number of fused-ring (bicyclic) bond motifs is 1. The van der Waals surface area contributed by atoms with E-state index in [-0.39, 0.29) is 11.8 Å². The lowest BCUT2D eigenvalue weighted by atomic mass is 10.0. The van der Waals surface area contributed by atoms with Gasteiger partial charge in [0.15, 0.2) is 5.65 Å². The molecule has 1 aliphatic rings. The fourth-order valence-electron chi connectivity index (χ4n) is 3.82. The smallest absolute Gasteiger partial charge is 0.227 e. The number of aromatic nitrogens is 3. The predicted octanol–water partition coefficient (Wildman–Crippen LogP) is 2.26. The van der Waals surface area contributed by atoms with E-state index in [2.05, 4.69) is 30.1 Å². The van der Waals surface area contributed by atoms with Gasteiger partial charge in [-0.15, -0.1) is 0 Å². The number of nitrogens with two attached hydrogens (primary N) is 1. The van der Waals surface area contributed by atoms with Gasteiger partial charge in [0.1, 0.15) is 0 Å². The minimum absolute atomic E-state index is 0.185. The monoisotopic (exact) mass is 363 g/mol. The van der Waals surface area contributed by atoms with Gasteiger partial charge in [0, 0.05) is 37.1 Å². The average Bonchev–Trinajstić information content (AvgIpc) is 3.29. The van der Waals surface area contributed by atoms with Crippen LogP contribution in [0.5, 0.6) is 0 Å². The van der Waals surface area contributed by atoms with E-state index in [9.17, 15) is 4.79 Å². The topological polar surface area (TPSA) is 77.0 Å². The maximum Gasteiger partial charge on any atom is 0.227 e. The first-order valence-corrected chi connectivity index (χ1v) is 9.50. The van der Waals surface area contributed by atoms with Gasteiger partial charge >= 0.3 is 0 Å². The molecule has 2 aromatic heterocycles. The lowest BCUT2D eigenvalue weighted by molar-refractivity contribution is -0.129. The maximum atomic E-state index is 12.7. The lowest BCUT2D eigenvalue weighted by Gasteiger charge is -2.16. The van der Waals surface area contributed by atoms with E-state index in [4.69, 9.17) is 10.8 Å². The van der Waals surface area contributed by atoms with Crippen LogP contribution in [0.4, 0.5) is 0 Å². The summed E-state index contributed by atoms with van der Waals surface area (Å²) in [6, 6.07) is 12.2. The molecule has 1 unspecified atom stereocenters. The van der Waals surface area contributed by atoms with Crippen molar-refractivity contribution in [3.8, 4) is 0 Å². The zero-order valence-electron chi connectivity index (χ0n) is 15.6. The third-order valence-corrected chi connectivity index (χ3v) is 5.28. The summed E-state index contributed by atoms with van der Waals surface area (Å²) in [4.78, 5) is 19.2. The molecule has 1 saturated heterocycles. The highest BCUT2D eigenvalue weighted by atomic mass is 16.2. The zero-order valence-corrected chi connectivity index (χ0v) is 15.6. The molecule has 0 spiro atoms. The van der Waals surface area contributed by atoms with Crippen molar-refractivity contribution in [3.05, 3.63) is 59.4 Å². The van der Waals surface area contributed by atoms with Gasteiger partial charge in [-0.2, -0.15) is 5.10 Å². The van der Waals surface area contributed by atoms with Gasteiger partial charge in [0.2, 0.25) is 5.91 Å². The van der Waals surface area contributed by atoms with Crippen LogP contribution >= 0.6 is 0 Å². The molecule has 3 aromatic rings. The van der Waals surface area contributed by atoms with E-state index in [1.165, 1.54) is 5.56 Å². The second kappa shape index (κ2) is 7.48. The minimum atomic E-state index is 0.185. The van der Waals surface area contributed by atoms with Gasteiger partial charge in [-0.1, -0.05) is 29.8 Å². The number of benzene rings is 1. The van der Waals surface area contributed by atoms with E-state index in [1.54, 1.807) is 6.20 Å². The van der Waals surface area contributed by atoms with Crippen molar-refractivity contribution in [2.45, 2.75) is 32.2 Å². The van der Waals surface area contributed by atoms with Crippen LogP contribution in [0.15, 0.2) is 42.6 Å². The van der Waals surface area contributed by atoms with E-state index in [0.29, 0.717) is 26.1 Å². The molecule has 1 aliphatic heterocycles. The second-order valence-electron chi connectivity index (χ2n) is 7.26. The van der Waals surface area contributed by atoms with Crippen LogP contribution in [-0.2, 0) is 17.8 Å². The molecular formula is C21H25N5O. The van der Waals surface area contributed by atoms with Gasteiger partial charge in [-0.05, 0) is 31.0 Å². The number of carbonyl (C=O) groups is 1. The summed E-state index contributed by atoms with van der Waals surface area (Å²) in [6.07, 6.45) is 3.17. The quantitative estimate of drug-likeness (QED) is 0.754. The molecule has 140 valence electrons. The maximum absolute atomic E-state index is 12.7. The Labute approximate surface area is 159 Å². The standard InChI is InChI=1S/C21H25N5O/c1-15-4-6-16(7-5-15)13-19(27)25-11-8-17(14-25)20-18-3-2-10-23-21(18)26(24-20)12-9-22/h2-7,10,17H,8-9,11-14,22H2,1H3. The highest BCUT2D eigenvalue weighted by Crippen LogP contribution is 2.31. The summed E-state index contributed by atoms with van der Waals surface area (Å²) in [5.41, 5.74) is 9.91. The largest absolute Gasteiger partial charge is 0.342 e. The van der Waals surface area contributed by atoms with Crippen LogP contribution in [0.3, 0.4) is 0 Å². The van der Waals surface area contributed by atoms with Crippen molar-refractivity contribution in [1.29, 1.82) is 0 Å². The highest BCUT2D eigenvalue weighted by molar-refractivity contribution is 5.81. The molecule has 6 nitrogen and oxygen atoms in total. The Balaban J connectivity index is 1.50. The Hall–Kier alpha value is -2.73. The van der Waals surface area contributed by atoms with Crippen LogP contribution in [0, 0.1) is 6.92 Å². The molecule has 1 atom stereocenters. The number of hydrogen-bond donors (Lipinski definition) is 1. The molecule has 27 heavy (non-hydrogen) atoms. The summed E-state index contributed by atoms with van der Waals surface area (Å²) in [7, 11) is 0. The highest BCUT2D eigenvalue weighted by Gasteiger charge is 2.30. The van der Waals surface area contributed by atoms with E-state index in [0.717, 1.165) is 35.3 Å². The molecule has 0 bridgehead atoms. The van der Waals surface area contributed by atoms with Gasteiger partial charge in [0.25, 0.3) is 0 Å². The number of aryl methyl sites for hydroxylation is 1. The van der Waals surface area contributed by atoms with Gasteiger partial charge in [-0.3, -0.25) is 4.79 Å². The van der Waals surface area contributed by atoms with Crippen LogP contribution in [0.25, 0.3) is 11.0 Å². The first kappa shape index (κ1) is 17.7. The van der Waals surface area contributed by atoms with E-state index < -0.39 is 0 Å². The Morgan fingerprint density at radius 3 is 2.85 bits per heavy atom.